The van der Waals surface area contributed by atoms with Crippen molar-refractivity contribution in [1.29, 1.82) is 0 Å². The monoisotopic (exact) mass is 299 g/mol. The number of thioether (sulfide) groups is 1. The lowest BCUT2D eigenvalue weighted by Gasteiger charge is -2.11. The summed E-state index contributed by atoms with van der Waals surface area (Å²) in [5.74, 6) is 1.10. The van der Waals surface area contributed by atoms with Crippen LogP contribution in [0.5, 0.6) is 0 Å². The maximum atomic E-state index is 6.21. The van der Waals surface area contributed by atoms with Crippen molar-refractivity contribution in [2.45, 2.75) is 37.3 Å². The first-order valence-corrected chi connectivity index (χ1v) is 9.03. The molecule has 0 radical (unpaired) electrons. The lowest BCUT2D eigenvalue weighted by atomic mass is 9.94. The molecule has 1 heterocycles. The van der Waals surface area contributed by atoms with E-state index >= 15 is 0 Å². The van der Waals surface area contributed by atoms with Gasteiger partial charge in [-0.3, -0.25) is 4.68 Å². The average Bonchev–Trinajstić information content (AvgIpc) is 2.88. The minimum absolute atomic E-state index is 0.306. The van der Waals surface area contributed by atoms with Gasteiger partial charge in [-0.1, -0.05) is 18.2 Å². The SMILES string of the molecule is CSCCn1cc(-c2ccc3c(c2)C2(CC3)CC2N)cn1. The van der Waals surface area contributed by atoms with Gasteiger partial charge in [0.1, 0.15) is 0 Å². The van der Waals surface area contributed by atoms with Gasteiger partial charge in [0.25, 0.3) is 0 Å². The lowest BCUT2D eigenvalue weighted by molar-refractivity contribution is 0.651. The summed E-state index contributed by atoms with van der Waals surface area (Å²) < 4.78 is 2.04. The quantitative estimate of drug-likeness (QED) is 0.944. The molecule has 4 rings (SSSR count). The topological polar surface area (TPSA) is 43.8 Å². The summed E-state index contributed by atoms with van der Waals surface area (Å²) >= 11 is 1.85. The van der Waals surface area contributed by atoms with Crippen molar-refractivity contribution in [3.63, 3.8) is 0 Å². The van der Waals surface area contributed by atoms with Crippen molar-refractivity contribution in [2.75, 3.05) is 12.0 Å². The summed E-state index contributed by atoms with van der Waals surface area (Å²) in [5.41, 5.74) is 12.0. The third kappa shape index (κ3) is 2.12. The van der Waals surface area contributed by atoms with Crippen molar-refractivity contribution in [1.82, 2.24) is 9.78 Å². The van der Waals surface area contributed by atoms with Crippen LogP contribution < -0.4 is 5.73 Å². The van der Waals surface area contributed by atoms with Crippen LogP contribution >= 0.6 is 11.8 Å². The number of fused-ring (bicyclic) bond motifs is 2. The van der Waals surface area contributed by atoms with Gasteiger partial charge >= 0.3 is 0 Å². The summed E-state index contributed by atoms with van der Waals surface area (Å²) in [7, 11) is 0. The van der Waals surface area contributed by atoms with Gasteiger partial charge in [0.15, 0.2) is 0 Å². The molecule has 0 amide bonds. The van der Waals surface area contributed by atoms with Gasteiger partial charge in [-0.2, -0.15) is 16.9 Å². The molecule has 2 aromatic rings. The molecule has 2 aliphatic rings. The molecule has 2 aliphatic carbocycles. The normalized spacial score (nSPS) is 26.3. The summed E-state index contributed by atoms with van der Waals surface area (Å²) in [6, 6.07) is 7.27. The lowest BCUT2D eigenvalue weighted by Crippen LogP contribution is -2.15. The fourth-order valence-corrected chi connectivity index (χ4v) is 4.05. The first-order valence-electron chi connectivity index (χ1n) is 7.64. The standard InChI is InChI=1S/C17H21N3S/c1-21-7-6-20-11-14(10-19-20)13-3-2-12-4-5-17(9-16(17)18)15(12)8-13/h2-3,8,10-11,16H,4-7,9,18H2,1H3. The molecule has 21 heavy (non-hydrogen) atoms. The van der Waals surface area contributed by atoms with E-state index < -0.39 is 0 Å². The molecule has 3 nitrogen and oxygen atoms in total. The van der Waals surface area contributed by atoms with Gasteiger partial charge in [-0.05, 0) is 42.2 Å². The van der Waals surface area contributed by atoms with Gasteiger partial charge in [-0.15, -0.1) is 0 Å². The van der Waals surface area contributed by atoms with Crippen molar-refractivity contribution >= 4 is 11.8 Å². The molecule has 1 aromatic heterocycles. The number of hydrogen-bond donors (Lipinski definition) is 1. The maximum absolute atomic E-state index is 6.21. The van der Waals surface area contributed by atoms with Gasteiger partial charge in [0.2, 0.25) is 0 Å². The smallest absolute Gasteiger partial charge is 0.0568 e. The number of nitrogens with zero attached hydrogens (tertiary/aromatic N) is 2. The Hall–Kier alpha value is -1.26. The molecule has 1 fully saturated rings. The van der Waals surface area contributed by atoms with E-state index in [1.54, 1.807) is 0 Å². The summed E-state index contributed by atoms with van der Waals surface area (Å²) in [4.78, 5) is 0. The Balaban J connectivity index is 1.65. The van der Waals surface area contributed by atoms with Crippen molar-refractivity contribution in [3.8, 4) is 11.1 Å². The highest BCUT2D eigenvalue weighted by molar-refractivity contribution is 7.98. The van der Waals surface area contributed by atoms with E-state index in [-0.39, 0.29) is 0 Å². The molecule has 4 heteroatoms. The number of aryl methyl sites for hydroxylation is 2. The summed E-state index contributed by atoms with van der Waals surface area (Å²) in [5, 5.41) is 4.47. The molecule has 0 bridgehead atoms. The molecule has 0 aliphatic heterocycles. The van der Waals surface area contributed by atoms with E-state index in [0.29, 0.717) is 11.5 Å². The molecular weight excluding hydrogens is 278 g/mol. The Morgan fingerprint density at radius 3 is 3.05 bits per heavy atom. The third-order valence-electron chi connectivity index (χ3n) is 5.11. The largest absolute Gasteiger partial charge is 0.327 e. The summed E-state index contributed by atoms with van der Waals surface area (Å²) in [6.45, 7) is 0.973. The highest BCUT2D eigenvalue weighted by Crippen LogP contribution is 2.56. The fourth-order valence-electron chi connectivity index (χ4n) is 3.68. The molecule has 0 saturated heterocycles. The fraction of sp³-hybridized carbons (Fsp3) is 0.471. The Morgan fingerprint density at radius 2 is 2.29 bits per heavy atom. The third-order valence-corrected chi connectivity index (χ3v) is 5.70. The number of nitrogens with two attached hydrogens (primary N) is 1. The van der Waals surface area contributed by atoms with Crippen LogP contribution in [-0.4, -0.2) is 27.8 Å². The van der Waals surface area contributed by atoms with Gasteiger partial charge in [-0.25, -0.2) is 0 Å². The Labute approximate surface area is 129 Å². The first kappa shape index (κ1) is 13.4. The van der Waals surface area contributed by atoms with Crippen LogP contribution in [0.15, 0.2) is 30.6 Å². The van der Waals surface area contributed by atoms with Crippen LogP contribution in [0.2, 0.25) is 0 Å². The van der Waals surface area contributed by atoms with E-state index in [2.05, 4.69) is 35.8 Å². The van der Waals surface area contributed by atoms with Crippen LogP contribution in [0, 0.1) is 0 Å². The predicted molar refractivity (Wildman–Crippen MR) is 88.6 cm³/mol. The van der Waals surface area contributed by atoms with E-state index in [4.69, 9.17) is 5.73 Å². The second-order valence-electron chi connectivity index (χ2n) is 6.32. The van der Waals surface area contributed by atoms with Crippen molar-refractivity contribution in [3.05, 3.63) is 41.7 Å². The number of benzene rings is 1. The predicted octanol–water partition coefficient (Wildman–Crippen LogP) is 2.83. The van der Waals surface area contributed by atoms with Crippen LogP contribution in [0.4, 0.5) is 0 Å². The number of aromatic nitrogens is 2. The minimum Gasteiger partial charge on any atom is -0.327 e. The maximum Gasteiger partial charge on any atom is 0.0568 e. The van der Waals surface area contributed by atoms with Crippen LogP contribution in [-0.2, 0) is 18.4 Å². The highest BCUT2D eigenvalue weighted by Gasteiger charge is 2.56. The number of hydrogen-bond acceptors (Lipinski definition) is 3. The average molecular weight is 299 g/mol. The molecule has 1 spiro atoms. The molecular formula is C17H21N3S. The second kappa shape index (κ2) is 4.89. The molecule has 2 N–H and O–H groups in total. The minimum atomic E-state index is 0.306. The molecule has 1 aromatic carbocycles. The first-order chi connectivity index (χ1) is 10.2. The van der Waals surface area contributed by atoms with Crippen LogP contribution in [0.3, 0.4) is 0 Å². The van der Waals surface area contributed by atoms with Gasteiger partial charge < -0.3 is 5.73 Å². The molecule has 2 unspecified atom stereocenters. The Kier molecular flexibility index (Phi) is 3.12. The molecule has 1 saturated carbocycles. The van der Waals surface area contributed by atoms with E-state index in [9.17, 15) is 0 Å². The zero-order valence-corrected chi connectivity index (χ0v) is 13.2. The van der Waals surface area contributed by atoms with Gasteiger partial charge in [0, 0.05) is 35.5 Å². The zero-order valence-electron chi connectivity index (χ0n) is 12.4. The number of rotatable bonds is 4. The molecule has 2 atom stereocenters. The Morgan fingerprint density at radius 1 is 1.43 bits per heavy atom. The Bertz CT molecular complexity index is 678. The van der Waals surface area contributed by atoms with Crippen molar-refractivity contribution in [2.24, 2.45) is 5.73 Å². The van der Waals surface area contributed by atoms with Crippen LogP contribution in [0.1, 0.15) is 24.0 Å². The summed E-state index contributed by atoms with van der Waals surface area (Å²) in [6.07, 6.45) is 9.86. The second-order valence-corrected chi connectivity index (χ2v) is 7.31. The van der Waals surface area contributed by atoms with E-state index in [1.165, 1.54) is 35.1 Å². The molecule has 110 valence electrons. The van der Waals surface area contributed by atoms with Gasteiger partial charge in [0.05, 0.1) is 6.20 Å². The zero-order chi connectivity index (χ0) is 14.4. The van der Waals surface area contributed by atoms with Crippen LogP contribution in [0.25, 0.3) is 11.1 Å². The van der Waals surface area contributed by atoms with Crippen molar-refractivity contribution < 1.29 is 0 Å². The van der Waals surface area contributed by atoms with E-state index in [1.807, 2.05) is 22.6 Å². The highest BCUT2D eigenvalue weighted by atomic mass is 32.2. The van der Waals surface area contributed by atoms with E-state index in [0.717, 1.165) is 18.7 Å².